The molecular weight excluding hydrogens is 416 g/mol. The lowest BCUT2D eigenvalue weighted by atomic mass is 9.89. The van der Waals surface area contributed by atoms with Crippen molar-refractivity contribution in [3.05, 3.63) is 35.9 Å². The smallest absolute Gasteiger partial charge is 0.223 e. The number of aliphatic hydroxyl groups is 1. The summed E-state index contributed by atoms with van der Waals surface area (Å²) in [6.45, 7) is 7.94. The zero-order chi connectivity index (χ0) is 24.6. The van der Waals surface area contributed by atoms with Crippen molar-refractivity contribution >= 4 is 17.6 Å². The molecule has 3 atom stereocenters. The molecule has 0 heterocycles. The molecule has 0 aliphatic rings. The summed E-state index contributed by atoms with van der Waals surface area (Å²) in [5.74, 6) is -0.375. The Bertz CT molecular complexity index is 705. The molecule has 0 aliphatic heterocycles. The summed E-state index contributed by atoms with van der Waals surface area (Å²) in [7, 11) is 0. The third-order valence-electron chi connectivity index (χ3n) is 6.22. The Hall–Kier alpha value is -2.21. The number of Topliss-reactive ketones (excluding diaryl/α,β-unsaturated/α-hetero) is 1. The molecule has 1 aromatic carbocycles. The predicted molar refractivity (Wildman–Crippen MR) is 133 cm³/mol. The molecule has 2 amide bonds. The lowest BCUT2D eigenvalue weighted by molar-refractivity contribution is -0.126. The number of rotatable bonds is 17. The first-order valence-corrected chi connectivity index (χ1v) is 12.5. The molecule has 1 rings (SSSR count). The Morgan fingerprint density at radius 1 is 0.879 bits per heavy atom. The fourth-order valence-corrected chi connectivity index (χ4v) is 4.05. The molecule has 0 aromatic heterocycles. The van der Waals surface area contributed by atoms with E-state index in [4.69, 9.17) is 5.11 Å². The molecule has 33 heavy (non-hydrogen) atoms. The number of hydrogen-bond acceptors (Lipinski definition) is 4. The molecule has 0 bridgehead atoms. The number of carbonyl (C=O) groups excluding carboxylic acids is 3. The Kier molecular flexibility index (Phi) is 14.3. The van der Waals surface area contributed by atoms with Gasteiger partial charge in [0.25, 0.3) is 0 Å². The van der Waals surface area contributed by atoms with Crippen molar-refractivity contribution in [3.63, 3.8) is 0 Å². The van der Waals surface area contributed by atoms with E-state index in [1.807, 2.05) is 45.9 Å². The Balaban J connectivity index is 2.60. The summed E-state index contributed by atoms with van der Waals surface area (Å²) in [5, 5.41) is 15.1. The maximum Gasteiger partial charge on any atom is 0.223 e. The molecule has 0 spiro atoms. The molecular formula is C27H44N2O4. The first-order valence-electron chi connectivity index (χ1n) is 12.5. The zero-order valence-corrected chi connectivity index (χ0v) is 20.9. The molecule has 0 radical (unpaired) electrons. The summed E-state index contributed by atoms with van der Waals surface area (Å²) >= 11 is 0. The van der Waals surface area contributed by atoms with Gasteiger partial charge >= 0.3 is 0 Å². The number of aliphatic hydroxyl groups excluding tert-OH is 1. The van der Waals surface area contributed by atoms with E-state index < -0.39 is 6.61 Å². The van der Waals surface area contributed by atoms with E-state index in [9.17, 15) is 14.4 Å². The van der Waals surface area contributed by atoms with Crippen LogP contribution in [-0.2, 0) is 20.8 Å². The van der Waals surface area contributed by atoms with Gasteiger partial charge in [-0.1, -0.05) is 57.0 Å². The largest absolute Gasteiger partial charge is 0.389 e. The van der Waals surface area contributed by atoms with Gasteiger partial charge in [-0.15, -0.1) is 0 Å². The SMILES string of the molecule is CCC(CCCC(CCCC(C)C(=O)CO)C(=O)NCCc1ccccc1)C(=O)NC(C)C. The fraction of sp³-hybridized carbons (Fsp3) is 0.667. The van der Waals surface area contributed by atoms with Crippen LogP contribution in [0.4, 0.5) is 0 Å². The minimum atomic E-state index is -0.429. The van der Waals surface area contributed by atoms with E-state index in [1.54, 1.807) is 0 Å². The van der Waals surface area contributed by atoms with Crippen molar-refractivity contribution in [3.8, 4) is 0 Å². The van der Waals surface area contributed by atoms with Crippen LogP contribution in [0.2, 0.25) is 0 Å². The maximum atomic E-state index is 12.9. The maximum absolute atomic E-state index is 12.9. The fourth-order valence-electron chi connectivity index (χ4n) is 4.05. The number of benzene rings is 1. The standard InChI is InChI=1S/C27H44N2O4/c1-5-23(27(33)29-20(2)3)14-10-16-24(15-9-11-21(4)25(31)19-30)26(32)28-18-17-22-12-7-6-8-13-22/h6-8,12-13,20-21,23-24,30H,5,9-11,14-19H2,1-4H3,(H,28,32)(H,29,33). The second-order valence-electron chi connectivity index (χ2n) is 9.38. The molecule has 6 heteroatoms. The summed E-state index contributed by atoms with van der Waals surface area (Å²) in [6.07, 6.45) is 6.01. The Morgan fingerprint density at radius 2 is 1.48 bits per heavy atom. The van der Waals surface area contributed by atoms with Crippen LogP contribution in [0, 0.1) is 17.8 Å². The third kappa shape index (κ3) is 12.0. The van der Waals surface area contributed by atoms with Crippen molar-refractivity contribution in [1.82, 2.24) is 10.6 Å². The minimum absolute atomic E-state index is 0.0311. The van der Waals surface area contributed by atoms with Crippen LogP contribution in [0.5, 0.6) is 0 Å². The third-order valence-corrected chi connectivity index (χ3v) is 6.22. The van der Waals surface area contributed by atoms with Crippen molar-refractivity contribution in [2.24, 2.45) is 17.8 Å². The monoisotopic (exact) mass is 460 g/mol. The van der Waals surface area contributed by atoms with Crippen molar-refractivity contribution < 1.29 is 19.5 Å². The number of carbonyl (C=O) groups is 3. The summed E-state index contributed by atoms with van der Waals surface area (Å²) in [6, 6.07) is 10.2. The first-order chi connectivity index (χ1) is 15.8. The Morgan fingerprint density at radius 3 is 2.06 bits per heavy atom. The second-order valence-corrected chi connectivity index (χ2v) is 9.38. The van der Waals surface area contributed by atoms with Gasteiger partial charge in [-0.2, -0.15) is 0 Å². The van der Waals surface area contributed by atoms with Crippen LogP contribution >= 0.6 is 0 Å². The van der Waals surface area contributed by atoms with Gasteiger partial charge in [0.1, 0.15) is 6.61 Å². The molecule has 0 saturated heterocycles. The number of nitrogens with one attached hydrogen (secondary N) is 2. The minimum Gasteiger partial charge on any atom is -0.389 e. The number of amides is 2. The molecule has 186 valence electrons. The van der Waals surface area contributed by atoms with Gasteiger partial charge in [0, 0.05) is 30.3 Å². The Labute approximate surface area is 199 Å². The normalized spacial score (nSPS) is 13.9. The van der Waals surface area contributed by atoms with Gasteiger partial charge < -0.3 is 15.7 Å². The van der Waals surface area contributed by atoms with E-state index in [1.165, 1.54) is 5.56 Å². The van der Waals surface area contributed by atoms with E-state index in [2.05, 4.69) is 22.8 Å². The van der Waals surface area contributed by atoms with Crippen LogP contribution < -0.4 is 10.6 Å². The molecule has 6 nitrogen and oxygen atoms in total. The van der Waals surface area contributed by atoms with Crippen LogP contribution in [-0.4, -0.2) is 41.9 Å². The molecule has 0 aliphatic carbocycles. The lowest BCUT2D eigenvalue weighted by Gasteiger charge is -2.20. The van der Waals surface area contributed by atoms with E-state index in [0.29, 0.717) is 19.4 Å². The van der Waals surface area contributed by atoms with E-state index in [-0.39, 0.29) is 41.4 Å². The summed E-state index contributed by atoms with van der Waals surface area (Å²) in [4.78, 5) is 36.9. The van der Waals surface area contributed by atoms with Crippen LogP contribution in [0.15, 0.2) is 30.3 Å². The average Bonchev–Trinajstić information content (AvgIpc) is 2.79. The van der Waals surface area contributed by atoms with Crippen LogP contribution in [0.1, 0.15) is 78.2 Å². The highest BCUT2D eigenvalue weighted by Crippen LogP contribution is 2.22. The highest BCUT2D eigenvalue weighted by Gasteiger charge is 2.22. The zero-order valence-electron chi connectivity index (χ0n) is 20.9. The summed E-state index contributed by atoms with van der Waals surface area (Å²) < 4.78 is 0. The highest BCUT2D eigenvalue weighted by atomic mass is 16.3. The predicted octanol–water partition coefficient (Wildman–Crippen LogP) is 4.05. The van der Waals surface area contributed by atoms with Crippen LogP contribution in [0.3, 0.4) is 0 Å². The average molecular weight is 461 g/mol. The van der Waals surface area contributed by atoms with Gasteiger partial charge in [0.05, 0.1) is 0 Å². The summed E-state index contributed by atoms with van der Waals surface area (Å²) in [5.41, 5.74) is 1.19. The molecule has 3 unspecified atom stereocenters. The van der Waals surface area contributed by atoms with Crippen molar-refractivity contribution in [2.75, 3.05) is 13.2 Å². The van der Waals surface area contributed by atoms with Gasteiger partial charge in [-0.05, 0) is 57.9 Å². The number of hydrogen-bond donors (Lipinski definition) is 3. The van der Waals surface area contributed by atoms with Crippen LogP contribution in [0.25, 0.3) is 0 Å². The molecule has 0 saturated carbocycles. The van der Waals surface area contributed by atoms with Crippen molar-refractivity contribution in [1.29, 1.82) is 0 Å². The lowest BCUT2D eigenvalue weighted by Crippen LogP contribution is -2.35. The van der Waals surface area contributed by atoms with Gasteiger partial charge in [0.2, 0.25) is 11.8 Å². The van der Waals surface area contributed by atoms with Gasteiger partial charge in [-0.3, -0.25) is 14.4 Å². The van der Waals surface area contributed by atoms with E-state index >= 15 is 0 Å². The quantitative estimate of drug-likeness (QED) is 0.327. The van der Waals surface area contributed by atoms with Crippen molar-refractivity contribution in [2.45, 2.75) is 85.1 Å². The first kappa shape index (κ1) is 28.8. The molecule has 3 N–H and O–H groups in total. The van der Waals surface area contributed by atoms with Gasteiger partial charge in [0.15, 0.2) is 5.78 Å². The molecule has 1 aromatic rings. The topological polar surface area (TPSA) is 95.5 Å². The molecule has 0 fully saturated rings. The van der Waals surface area contributed by atoms with Gasteiger partial charge in [-0.25, -0.2) is 0 Å². The second kappa shape index (κ2) is 16.4. The highest BCUT2D eigenvalue weighted by molar-refractivity contribution is 5.81. The van der Waals surface area contributed by atoms with E-state index in [0.717, 1.165) is 38.5 Å². The number of ketones is 1.